The SMILES string of the molecule is C=C1[C@@H]2C[C@H](OC(C)=O)[C@@]1(C)c1nnc(-c3ccccc3F)cc12. The Balaban J connectivity index is 1.81. The number of hydrogen-bond donors (Lipinski definition) is 0. The first-order valence-electron chi connectivity index (χ1n) is 7.92. The number of aromatic nitrogens is 2. The molecule has 122 valence electrons. The molecule has 1 saturated carbocycles. The summed E-state index contributed by atoms with van der Waals surface area (Å²) in [5, 5.41) is 8.59. The summed E-state index contributed by atoms with van der Waals surface area (Å²) in [5.41, 5.74) is 3.22. The smallest absolute Gasteiger partial charge is 0.302 e. The van der Waals surface area contributed by atoms with Crippen molar-refractivity contribution in [3.8, 4) is 11.3 Å². The number of benzene rings is 1. The van der Waals surface area contributed by atoms with Crippen LogP contribution in [0.4, 0.5) is 4.39 Å². The summed E-state index contributed by atoms with van der Waals surface area (Å²) < 4.78 is 19.5. The number of halogens is 1. The van der Waals surface area contributed by atoms with E-state index in [1.54, 1.807) is 18.2 Å². The number of hydrogen-bond acceptors (Lipinski definition) is 4. The Hall–Kier alpha value is -2.56. The molecule has 0 radical (unpaired) electrons. The zero-order valence-corrected chi connectivity index (χ0v) is 13.5. The maximum absolute atomic E-state index is 14.0. The van der Waals surface area contributed by atoms with Gasteiger partial charge >= 0.3 is 5.97 Å². The molecule has 0 unspecified atom stereocenters. The molecule has 2 aliphatic carbocycles. The average Bonchev–Trinajstić information content (AvgIpc) is 2.91. The van der Waals surface area contributed by atoms with Gasteiger partial charge in [-0.25, -0.2) is 4.39 Å². The van der Waals surface area contributed by atoms with E-state index in [0.29, 0.717) is 17.7 Å². The van der Waals surface area contributed by atoms with Gasteiger partial charge in [0.2, 0.25) is 0 Å². The molecule has 2 aromatic rings. The van der Waals surface area contributed by atoms with Gasteiger partial charge in [-0.3, -0.25) is 4.79 Å². The Labute approximate surface area is 139 Å². The Morgan fingerprint density at radius 1 is 1.38 bits per heavy atom. The zero-order valence-electron chi connectivity index (χ0n) is 13.5. The molecule has 2 bridgehead atoms. The Bertz CT molecular complexity index is 879. The van der Waals surface area contributed by atoms with E-state index in [1.807, 2.05) is 13.0 Å². The van der Waals surface area contributed by atoms with E-state index in [4.69, 9.17) is 4.74 Å². The molecule has 0 amide bonds. The summed E-state index contributed by atoms with van der Waals surface area (Å²) in [5.74, 6) is -0.563. The van der Waals surface area contributed by atoms with Crippen LogP contribution < -0.4 is 0 Å². The number of carbonyl (C=O) groups excluding carboxylic acids is 1. The summed E-state index contributed by atoms with van der Waals surface area (Å²) in [4.78, 5) is 11.4. The lowest BCUT2D eigenvalue weighted by atomic mass is 9.81. The molecule has 1 fully saturated rings. The van der Waals surface area contributed by atoms with Gasteiger partial charge in [0.1, 0.15) is 11.9 Å². The predicted octanol–water partition coefficient (Wildman–Crippen LogP) is 3.53. The van der Waals surface area contributed by atoms with Crippen LogP contribution in [0.25, 0.3) is 11.3 Å². The van der Waals surface area contributed by atoms with Crippen LogP contribution in [-0.2, 0) is 14.9 Å². The third-order valence-corrected chi connectivity index (χ3v) is 5.33. The van der Waals surface area contributed by atoms with Gasteiger partial charge in [-0.1, -0.05) is 24.3 Å². The van der Waals surface area contributed by atoms with E-state index in [1.165, 1.54) is 13.0 Å². The molecule has 1 heterocycles. The van der Waals surface area contributed by atoms with Crippen molar-refractivity contribution in [2.45, 2.75) is 37.7 Å². The van der Waals surface area contributed by atoms with E-state index in [-0.39, 0.29) is 23.8 Å². The third-order valence-electron chi connectivity index (χ3n) is 5.33. The van der Waals surface area contributed by atoms with Crippen molar-refractivity contribution in [2.24, 2.45) is 0 Å². The van der Waals surface area contributed by atoms with Crippen molar-refractivity contribution in [1.82, 2.24) is 10.2 Å². The fourth-order valence-electron chi connectivity index (χ4n) is 4.02. The standard InChI is InChI=1S/C19H17FN2O2/c1-10-13-9-17(24-11(2)23)19(10,3)18-14(13)8-16(21-22-18)12-6-4-5-7-15(12)20/h4-8,13,17H,1,9H2,2-3H3/t13-,17-,19-/m0/s1. The van der Waals surface area contributed by atoms with Gasteiger partial charge in [-0.05, 0) is 37.1 Å². The lowest BCUT2D eigenvalue weighted by Gasteiger charge is -2.31. The maximum atomic E-state index is 14.0. The van der Waals surface area contributed by atoms with Crippen molar-refractivity contribution in [1.29, 1.82) is 0 Å². The summed E-state index contributed by atoms with van der Waals surface area (Å²) in [7, 11) is 0. The Morgan fingerprint density at radius 2 is 2.12 bits per heavy atom. The molecule has 4 nitrogen and oxygen atoms in total. The monoisotopic (exact) mass is 324 g/mol. The van der Waals surface area contributed by atoms with Crippen molar-refractivity contribution < 1.29 is 13.9 Å². The van der Waals surface area contributed by atoms with Crippen LogP contribution in [0.15, 0.2) is 42.5 Å². The number of esters is 1. The number of ether oxygens (including phenoxy) is 1. The average molecular weight is 324 g/mol. The van der Waals surface area contributed by atoms with Crippen LogP contribution in [0, 0.1) is 5.82 Å². The summed E-state index contributed by atoms with van der Waals surface area (Å²) in [6, 6.07) is 8.42. The molecule has 1 aromatic heterocycles. The quantitative estimate of drug-likeness (QED) is 0.626. The van der Waals surface area contributed by atoms with Gasteiger partial charge in [0.05, 0.1) is 16.8 Å². The third kappa shape index (κ3) is 1.87. The summed E-state index contributed by atoms with van der Waals surface area (Å²) >= 11 is 0. The van der Waals surface area contributed by atoms with Crippen LogP contribution in [0.5, 0.6) is 0 Å². The normalized spacial score (nSPS) is 27.2. The molecule has 3 atom stereocenters. The van der Waals surface area contributed by atoms with E-state index in [0.717, 1.165) is 16.8 Å². The van der Waals surface area contributed by atoms with Gasteiger partial charge in [0.15, 0.2) is 0 Å². The molecule has 1 aromatic carbocycles. The molecular formula is C19H17FN2O2. The Morgan fingerprint density at radius 3 is 2.83 bits per heavy atom. The van der Waals surface area contributed by atoms with Crippen LogP contribution in [0.1, 0.15) is 37.4 Å². The van der Waals surface area contributed by atoms with E-state index < -0.39 is 5.41 Å². The lowest BCUT2D eigenvalue weighted by Crippen LogP contribution is -2.37. The van der Waals surface area contributed by atoms with E-state index in [2.05, 4.69) is 16.8 Å². The van der Waals surface area contributed by atoms with Gasteiger partial charge in [-0.15, -0.1) is 0 Å². The van der Waals surface area contributed by atoms with Gasteiger partial charge in [0, 0.05) is 18.4 Å². The summed E-state index contributed by atoms with van der Waals surface area (Å²) in [6.45, 7) is 7.61. The second-order valence-electron chi connectivity index (χ2n) is 6.63. The van der Waals surface area contributed by atoms with Gasteiger partial charge < -0.3 is 4.74 Å². The second-order valence-corrected chi connectivity index (χ2v) is 6.63. The molecule has 4 rings (SSSR count). The second kappa shape index (κ2) is 4.97. The number of rotatable bonds is 2. The minimum Gasteiger partial charge on any atom is -0.461 e. The first-order chi connectivity index (χ1) is 11.4. The molecule has 2 aliphatic rings. The Kier molecular flexibility index (Phi) is 3.10. The first kappa shape index (κ1) is 15.0. The lowest BCUT2D eigenvalue weighted by molar-refractivity contribution is -0.148. The molecule has 0 aliphatic heterocycles. The van der Waals surface area contributed by atoms with Crippen LogP contribution in [0.2, 0.25) is 0 Å². The molecule has 5 heteroatoms. The zero-order chi connectivity index (χ0) is 17.1. The van der Waals surface area contributed by atoms with Crippen LogP contribution in [0.3, 0.4) is 0 Å². The number of nitrogens with zero attached hydrogens (tertiary/aromatic N) is 2. The highest BCUT2D eigenvalue weighted by atomic mass is 19.1. The first-order valence-corrected chi connectivity index (χ1v) is 7.92. The van der Waals surface area contributed by atoms with Crippen molar-refractivity contribution in [3.63, 3.8) is 0 Å². The molecule has 0 saturated heterocycles. The minimum atomic E-state index is -0.521. The minimum absolute atomic E-state index is 0.0652. The highest BCUT2D eigenvalue weighted by Crippen LogP contribution is 2.60. The molecule has 24 heavy (non-hydrogen) atoms. The highest BCUT2D eigenvalue weighted by molar-refractivity contribution is 5.68. The fourth-order valence-corrected chi connectivity index (χ4v) is 4.02. The van der Waals surface area contributed by atoms with Gasteiger partial charge in [0.25, 0.3) is 0 Å². The van der Waals surface area contributed by atoms with Crippen molar-refractivity contribution in [2.75, 3.05) is 0 Å². The number of fused-ring (bicyclic) bond motifs is 5. The number of carbonyl (C=O) groups is 1. The predicted molar refractivity (Wildman–Crippen MR) is 86.8 cm³/mol. The van der Waals surface area contributed by atoms with E-state index >= 15 is 0 Å². The largest absolute Gasteiger partial charge is 0.461 e. The maximum Gasteiger partial charge on any atom is 0.302 e. The fraction of sp³-hybridized carbons (Fsp3) is 0.316. The summed E-state index contributed by atoms with van der Waals surface area (Å²) in [6.07, 6.45) is 0.415. The molecular weight excluding hydrogens is 307 g/mol. The van der Waals surface area contributed by atoms with Crippen LogP contribution >= 0.6 is 0 Å². The van der Waals surface area contributed by atoms with Gasteiger partial charge in [-0.2, -0.15) is 10.2 Å². The van der Waals surface area contributed by atoms with E-state index in [9.17, 15) is 9.18 Å². The molecule has 0 spiro atoms. The highest BCUT2D eigenvalue weighted by Gasteiger charge is 2.58. The van der Waals surface area contributed by atoms with Crippen molar-refractivity contribution in [3.05, 3.63) is 59.6 Å². The topological polar surface area (TPSA) is 52.1 Å². The van der Waals surface area contributed by atoms with Crippen LogP contribution in [-0.4, -0.2) is 22.3 Å². The molecule has 0 N–H and O–H groups in total. The van der Waals surface area contributed by atoms with Crippen molar-refractivity contribution >= 4 is 5.97 Å².